The second-order valence-corrected chi connectivity index (χ2v) is 4.81. The summed E-state index contributed by atoms with van der Waals surface area (Å²) in [5.41, 5.74) is 0.382. The van der Waals surface area contributed by atoms with Gasteiger partial charge in [-0.25, -0.2) is 8.78 Å². The highest BCUT2D eigenvalue weighted by Gasteiger charge is 2.13. The van der Waals surface area contributed by atoms with Crippen molar-refractivity contribution >= 4 is 0 Å². The van der Waals surface area contributed by atoms with E-state index in [2.05, 4.69) is 4.90 Å². The number of rotatable bonds is 10. The third kappa shape index (κ3) is 6.48. The van der Waals surface area contributed by atoms with Crippen LogP contribution in [-0.4, -0.2) is 57.1 Å². The molecular weight excluding hydrogens is 280 g/mol. The van der Waals surface area contributed by atoms with E-state index < -0.39 is 17.7 Å². The summed E-state index contributed by atoms with van der Waals surface area (Å²) in [5, 5.41) is 10.1. The largest absolute Gasteiger partial charge is 0.388 e. The highest BCUT2D eigenvalue weighted by Crippen LogP contribution is 2.19. The Kier molecular flexibility index (Phi) is 8.37. The van der Waals surface area contributed by atoms with E-state index in [9.17, 15) is 13.9 Å². The van der Waals surface area contributed by atoms with Gasteiger partial charge in [-0.15, -0.1) is 0 Å². The molecule has 0 fully saturated rings. The third-order valence-electron chi connectivity index (χ3n) is 3.27. The molecule has 120 valence electrons. The maximum absolute atomic E-state index is 13.1. The number of aliphatic hydroxyl groups excluding tert-OH is 1. The van der Waals surface area contributed by atoms with Gasteiger partial charge in [0.05, 0.1) is 19.3 Å². The van der Waals surface area contributed by atoms with E-state index >= 15 is 0 Å². The van der Waals surface area contributed by atoms with Crippen LogP contribution in [-0.2, 0) is 9.47 Å². The topological polar surface area (TPSA) is 41.9 Å². The Morgan fingerprint density at radius 2 is 1.67 bits per heavy atom. The lowest BCUT2D eigenvalue weighted by Gasteiger charge is -2.23. The van der Waals surface area contributed by atoms with Gasteiger partial charge in [-0.1, -0.05) is 6.07 Å². The predicted octanol–water partition coefficient (Wildman–Crippen LogP) is 1.98. The maximum atomic E-state index is 13.1. The number of benzene rings is 1. The van der Waals surface area contributed by atoms with E-state index in [1.54, 1.807) is 14.2 Å². The fourth-order valence-electron chi connectivity index (χ4n) is 1.97. The molecule has 1 unspecified atom stereocenters. The highest BCUT2D eigenvalue weighted by atomic mass is 19.2. The molecule has 1 N–H and O–H groups in total. The van der Waals surface area contributed by atoms with E-state index in [0.29, 0.717) is 31.7 Å². The molecule has 21 heavy (non-hydrogen) atoms. The fraction of sp³-hybridized carbons (Fsp3) is 0.600. The van der Waals surface area contributed by atoms with Gasteiger partial charge in [0.1, 0.15) is 0 Å². The zero-order valence-corrected chi connectivity index (χ0v) is 12.5. The molecule has 0 saturated heterocycles. The molecule has 1 rings (SSSR count). The Morgan fingerprint density at radius 1 is 1.05 bits per heavy atom. The van der Waals surface area contributed by atoms with Crippen LogP contribution < -0.4 is 0 Å². The molecule has 0 radical (unpaired) electrons. The van der Waals surface area contributed by atoms with Crippen molar-refractivity contribution in [2.75, 3.05) is 47.1 Å². The molecule has 0 bridgehead atoms. The quantitative estimate of drug-likeness (QED) is 0.718. The summed E-state index contributed by atoms with van der Waals surface area (Å²) < 4.78 is 36.1. The minimum atomic E-state index is -0.942. The van der Waals surface area contributed by atoms with Gasteiger partial charge in [0.2, 0.25) is 0 Å². The van der Waals surface area contributed by atoms with Gasteiger partial charge < -0.3 is 14.6 Å². The van der Waals surface area contributed by atoms with Crippen LogP contribution in [0, 0.1) is 11.6 Å². The Hall–Kier alpha value is -1.08. The first kappa shape index (κ1) is 18.0. The van der Waals surface area contributed by atoms with Crippen LogP contribution in [0.3, 0.4) is 0 Å². The molecule has 0 aromatic heterocycles. The lowest BCUT2D eigenvalue weighted by atomic mass is 10.1. The zero-order valence-electron chi connectivity index (χ0n) is 12.5. The van der Waals surface area contributed by atoms with Crippen LogP contribution in [0.15, 0.2) is 18.2 Å². The third-order valence-corrected chi connectivity index (χ3v) is 3.27. The summed E-state index contributed by atoms with van der Waals surface area (Å²) in [4.78, 5) is 2.09. The summed E-state index contributed by atoms with van der Waals surface area (Å²) in [6.07, 6.45) is -0.397. The maximum Gasteiger partial charge on any atom is 0.159 e. The Labute approximate surface area is 124 Å². The second kappa shape index (κ2) is 9.78. The van der Waals surface area contributed by atoms with E-state index in [1.165, 1.54) is 6.07 Å². The lowest BCUT2D eigenvalue weighted by molar-refractivity contribution is 0.0944. The average Bonchev–Trinajstić information content (AvgIpc) is 2.49. The molecule has 0 aliphatic rings. The molecule has 1 aromatic rings. The van der Waals surface area contributed by atoms with Crippen LogP contribution in [0.4, 0.5) is 8.78 Å². The summed E-state index contributed by atoms with van der Waals surface area (Å²) in [6, 6.07) is 3.47. The summed E-state index contributed by atoms with van der Waals surface area (Å²) in [5.74, 6) is -1.85. The highest BCUT2D eigenvalue weighted by molar-refractivity contribution is 5.19. The molecule has 0 saturated carbocycles. The van der Waals surface area contributed by atoms with Crippen LogP contribution in [0.25, 0.3) is 0 Å². The molecule has 0 aliphatic heterocycles. The van der Waals surface area contributed by atoms with E-state index in [4.69, 9.17) is 9.47 Å². The number of hydrogen-bond acceptors (Lipinski definition) is 4. The monoisotopic (exact) mass is 303 g/mol. The summed E-state index contributed by atoms with van der Waals surface area (Å²) in [7, 11) is 3.26. The summed E-state index contributed by atoms with van der Waals surface area (Å²) in [6.45, 7) is 3.25. The fourth-order valence-corrected chi connectivity index (χ4v) is 1.97. The van der Waals surface area contributed by atoms with Crippen molar-refractivity contribution in [2.24, 2.45) is 0 Å². The van der Waals surface area contributed by atoms with Crippen LogP contribution >= 0.6 is 0 Å². The number of nitrogens with zero attached hydrogens (tertiary/aromatic N) is 1. The predicted molar refractivity (Wildman–Crippen MR) is 76.1 cm³/mol. The number of methoxy groups -OCH3 is 2. The molecule has 0 spiro atoms. The molecule has 1 atom stereocenters. The van der Waals surface area contributed by atoms with Gasteiger partial charge in [-0.2, -0.15) is 0 Å². The average molecular weight is 303 g/mol. The van der Waals surface area contributed by atoms with Crippen molar-refractivity contribution < 1.29 is 23.4 Å². The number of hydrogen-bond donors (Lipinski definition) is 1. The van der Waals surface area contributed by atoms with E-state index in [-0.39, 0.29) is 0 Å². The Bertz CT molecular complexity index is 410. The van der Waals surface area contributed by atoms with Crippen molar-refractivity contribution in [1.82, 2.24) is 4.90 Å². The Balaban J connectivity index is 2.50. The van der Waals surface area contributed by atoms with Crippen molar-refractivity contribution in [3.63, 3.8) is 0 Å². The summed E-state index contributed by atoms with van der Waals surface area (Å²) >= 11 is 0. The van der Waals surface area contributed by atoms with Gasteiger partial charge in [0.15, 0.2) is 11.6 Å². The van der Waals surface area contributed by atoms with E-state index in [0.717, 1.165) is 25.2 Å². The Morgan fingerprint density at radius 3 is 2.19 bits per heavy atom. The smallest absolute Gasteiger partial charge is 0.159 e. The molecule has 0 aliphatic carbocycles. The van der Waals surface area contributed by atoms with Gasteiger partial charge in [0, 0.05) is 33.9 Å². The molecule has 0 amide bonds. The van der Waals surface area contributed by atoms with Crippen molar-refractivity contribution in [1.29, 1.82) is 0 Å². The van der Waals surface area contributed by atoms with Gasteiger partial charge >= 0.3 is 0 Å². The first-order valence-corrected chi connectivity index (χ1v) is 6.91. The lowest BCUT2D eigenvalue weighted by Crippen LogP contribution is -2.32. The first-order chi connectivity index (χ1) is 10.1. The minimum absolute atomic E-state index is 0.382. The number of halogens is 2. The van der Waals surface area contributed by atoms with Crippen molar-refractivity contribution in [2.45, 2.75) is 12.5 Å². The normalized spacial score (nSPS) is 12.9. The van der Waals surface area contributed by atoms with Crippen LogP contribution in [0.1, 0.15) is 18.1 Å². The van der Waals surface area contributed by atoms with Crippen molar-refractivity contribution in [3.05, 3.63) is 35.4 Å². The standard InChI is InChI=1S/C15H23F2NO3/c1-20-9-7-18(8-10-21-2)6-5-15(19)12-3-4-13(16)14(17)11-12/h3-4,11,15,19H,5-10H2,1-2H3. The van der Waals surface area contributed by atoms with Crippen LogP contribution in [0.5, 0.6) is 0 Å². The zero-order chi connectivity index (χ0) is 15.7. The van der Waals surface area contributed by atoms with E-state index in [1.807, 2.05) is 0 Å². The number of aliphatic hydroxyl groups is 1. The molecule has 0 heterocycles. The van der Waals surface area contributed by atoms with Gasteiger partial charge in [-0.3, -0.25) is 4.90 Å². The molecule has 4 nitrogen and oxygen atoms in total. The second-order valence-electron chi connectivity index (χ2n) is 4.81. The van der Waals surface area contributed by atoms with Crippen LogP contribution in [0.2, 0.25) is 0 Å². The minimum Gasteiger partial charge on any atom is -0.388 e. The molecule has 6 heteroatoms. The van der Waals surface area contributed by atoms with Gasteiger partial charge in [0.25, 0.3) is 0 Å². The van der Waals surface area contributed by atoms with Gasteiger partial charge in [-0.05, 0) is 24.1 Å². The molecular formula is C15H23F2NO3. The van der Waals surface area contributed by atoms with Crippen molar-refractivity contribution in [3.8, 4) is 0 Å². The first-order valence-electron chi connectivity index (χ1n) is 6.91. The molecule has 1 aromatic carbocycles. The SMILES string of the molecule is COCCN(CCOC)CCC(O)c1ccc(F)c(F)c1. The number of ether oxygens (including phenoxy) is 2.